The van der Waals surface area contributed by atoms with Crippen LogP contribution in [0.15, 0.2) is 6.07 Å². The van der Waals surface area contributed by atoms with Crippen LogP contribution < -0.4 is 4.90 Å². The maximum absolute atomic E-state index is 10.9. The number of morpholine rings is 1. The number of carbonyl (C=O) groups excluding carboxylic acids is 1. The van der Waals surface area contributed by atoms with Gasteiger partial charge in [0.2, 0.25) is 5.28 Å². The van der Waals surface area contributed by atoms with Crippen molar-refractivity contribution in [3.05, 3.63) is 16.2 Å². The zero-order chi connectivity index (χ0) is 13.4. The van der Waals surface area contributed by atoms with Crippen molar-refractivity contribution in [2.75, 3.05) is 24.7 Å². The van der Waals surface area contributed by atoms with Gasteiger partial charge in [0, 0.05) is 6.54 Å². The molecule has 0 aromatic carbocycles. The van der Waals surface area contributed by atoms with E-state index in [0.29, 0.717) is 18.1 Å². The van der Waals surface area contributed by atoms with Crippen LogP contribution >= 0.6 is 22.9 Å². The number of rotatable bonds is 2. The minimum atomic E-state index is 0.205. The van der Waals surface area contributed by atoms with Crippen molar-refractivity contribution in [3.63, 3.8) is 0 Å². The molecule has 5 nitrogen and oxygen atoms in total. The third-order valence-electron chi connectivity index (χ3n) is 3.10. The highest BCUT2D eigenvalue weighted by Crippen LogP contribution is 2.33. The molecule has 0 saturated carbocycles. The molecular weight excluding hydrogens is 286 g/mol. The lowest BCUT2D eigenvalue weighted by Crippen LogP contribution is -2.44. The van der Waals surface area contributed by atoms with Crippen LogP contribution in [0.1, 0.15) is 16.6 Å². The lowest BCUT2D eigenvalue weighted by atomic mass is 10.2. The number of ether oxygens (including phenoxy) is 1. The lowest BCUT2D eigenvalue weighted by Gasteiger charge is -2.34. The van der Waals surface area contributed by atoms with Gasteiger partial charge in [0.05, 0.1) is 34.3 Å². The van der Waals surface area contributed by atoms with Gasteiger partial charge in [-0.1, -0.05) is 0 Å². The average molecular weight is 298 g/mol. The first-order valence-corrected chi connectivity index (χ1v) is 7.15. The summed E-state index contributed by atoms with van der Waals surface area (Å²) in [7, 11) is 0. The number of carbonyl (C=O) groups is 1. The normalized spacial score (nSPS) is 19.9. The number of anilines is 1. The average Bonchev–Trinajstić information content (AvgIpc) is 2.81. The highest BCUT2D eigenvalue weighted by Gasteiger charge is 2.24. The molecule has 0 radical (unpaired) electrons. The van der Waals surface area contributed by atoms with Gasteiger partial charge in [0.1, 0.15) is 0 Å². The minimum absolute atomic E-state index is 0.205. The van der Waals surface area contributed by atoms with Crippen LogP contribution in [0.5, 0.6) is 0 Å². The molecule has 1 fully saturated rings. The van der Waals surface area contributed by atoms with Crippen LogP contribution in [0.3, 0.4) is 0 Å². The van der Waals surface area contributed by atoms with E-state index in [0.717, 1.165) is 28.9 Å². The van der Waals surface area contributed by atoms with Gasteiger partial charge in [-0.25, -0.2) is 4.98 Å². The summed E-state index contributed by atoms with van der Waals surface area (Å²) in [6.45, 7) is 4.17. The highest BCUT2D eigenvalue weighted by atomic mass is 35.5. The number of aldehydes is 1. The smallest absolute Gasteiger partial charge is 0.224 e. The predicted octanol–water partition coefficient (Wildman–Crippen LogP) is 2.38. The molecular formula is C12H12ClN3O2S. The van der Waals surface area contributed by atoms with Crippen LogP contribution in [0.4, 0.5) is 5.82 Å². The van der Waals surface area contributed by atoms with Crippen molar-refractivity contribution in [1.29, 1.82) is 0 Å². The fourth-order valence-corrected chi connectivity index (χ4v) is 3.29. The SMILES string of the molecule is CC1COCCN1c1nc(Cl)nc2cc(C=O)sc12. The van der Waals surface area contributed by atoms with E-state index in [2.05, 4.69) is 21.8 Å². The summed E-state index contributed by atoms with van der Waals surface area (Å²) < 4.78 is 6.33. The van der Waals surface area contributed by atoms with Crippen molar-refractivity contribution in [1.82, 2.24) is 9.97 Å². The van der Waals surface area contributed by atoms with Gasteiger partial charge in [-0.15, -0.1) is 11.3 Å². The molecule has 2 aromatic heterocycles. The Labute approximate surface area is 119 Å². The molecule has 0 amide bonds. The summed E-state index contributed by atoms with van der Waals surface area (Å²) in [4.78, 5) is 22.2. The van der Waals surface area contributed by atoms with Crippen molar-refractivity contribution >= 4 is 45.3 Å². The first-order valence-electron chi connectivity index (χ1n) is 5.95. The molecule has 19 heavy (non-hydrogen) atoms. The van der Waals surface area contributed by atoms with Gasteiger partial charge in [0.15, 0.2) is 12.1 Å². The molecule has 2 aromatic rings. The fraction of sp³-hybridized carbons (Fsp3) is 0.417. The standard InChI is InChI=1S/C12H12ClN3O2S/c1-7-6-18-3-2-16(7)11-10-9(14-12(13)15-11)4-8(5-17)19-10/h4-5,7H,2-3,6H2,1H3. The third kappa shape index (κ3) is 2.31. The Morgan fingerprint density at radius 3 is 3.16 bits per heavy atom. The van der Waals surface area contributed by atoms with Crippen molar-refractivity contribution in [3.8, 4) is 0 Å². The third-order valence-corrected chi connectivity index (χ3v) is 4.32. The van der Waals surface area contributed by atoms with Gasteiger partial charge in [-0.05, 0) is 24.6 Å². The number of thiophene rings is 1. The Morgan fingerprint density at radius 2 is 2.42 bits per heavy atom. The summed E-state index contributed by atoms with van der Waals surface area (Å²) in [6.07, 6.45) is 0.826. The summed E-state index contributed by atoms with van der Waals surface area (Å²) in [5.74, 6) is 0.795. The van der Waals surface area contributed by atoms with Crippen LogP contribution in [0.2, 0.25) is 5.28 Å². The predicted molar refractivity (Wildman–Crippen MR) is 75.4 cm³/mol. The maximum atomic E-state index is 10.9. The minimum Gasteiger partial charge on any atom is -0.377 e. The first-order chi connectivity index (χ1) is 9.19. The molecule has 1 aliphatic rings. The van der Waals surface area contributed by atoms with Gasteiger partial charge >= 0.3 is 0 Å². The molecule has 3 rings (SSSR count). The summed E-state index contributed by atoms with van der Waals surface area (Å²) in [5, 5.41) is 0.205. The van der Waals surface area contributed by atoms with Crippen LogP contribution in [0.25, 0.3) is 10.2 Å². The van der Waals surface area contributed by atoms with E-state index in [9.17, 15) is 4.79 Å². The van der Waals surface area contributed by atoms with E-state index in [1.807, 2.05) is 0 Å². The molecule has 0 aliphatic carbocycles. The number of aromatic nitrogens is 2. The van der Waals surface area contributed by atoms with E-state index in [1.54, 1.807) is 6.07 Å². The topological polar surface area (TPSA) is 55.3 Å². The lowest BCUT2D eigenvalue weighted by molar-refractivity contribution is 0.0987. The largest absolute Gasteiger partial charge is 0.377 e. The van der Waals surface area contributed by atoms with Crippen molar-refractivity contribution in [2.24, 2.45) is 0 Å². The molecule has 1 saturated heterocycles. The van der Waals surface area contributed by atoms with E-state index < -0.39 is 0 Å². The van der Waals surface area contributed by atoms with Gasteiger partial charge < -0.3 is 9.64 Å². The molecule has 0 N–H and O–H groups in total. The van der Waals surface area contributed by atoms with Gasteiger partial charge in [0.25, 0.3) is 0 Å². The second-order valence-electron chi connectivity index (χ2n) is 4.41. The fourth-order valence-electron chi connectivity index (χ4n) is 2.20. The van der Waals surface area contributed by atoms with Crippen LogP contribution in [0, 0.1) is 0 Å². The summed E-state index contributed by atoms with van der Waals surface area (Å²) >= 11 is 7.37. The Hall–Kier alpha value is -1.24. The molecule has 3 heterocycles. The Balaban J connectivity index is 2.15. The number of hydrogen-bond donors (Lipinski definition) is 0. The Bertz CT molecular complexity index is 631. The van der Waals surface area contributed by atoms with Gasteiger partial charge in [-0.3, -0.25) is 4.79 Å². The van der Waals surface area contributed by atoms with Gasteiger partial charge in [-0.2, -0.15) is 4.98 Å². The monoisotopic (exact) mass is 297 g/mol. The second kappa shape index (κ2) is 5.03. The molecule has 1 aliphatic heterocycles. The van der Waals surface area contributed by atoms with E-state index >= 15 is 0 Å². The Kier molecular flexibility index (Phi) is 3.38. The van der Waals surface area contributed by atoms with E-state index in [4.69, 9.17) is 16.3 Å². The van der Waals surface area contributed by atoms with E-state index in [1.165, 1.54) is 11.3 Å². The van der Waals surface area contributed by atoms with Crippen LogP contribution in [-0.4, -0.2) is 42.1 Å². The van der Waals surface area contributed by atoms with E-state index in [-0.39, 0.29) is 11.3 Å². The first kappa shape index (κ1) is 12.8. The molecule has 1 unspecified atom stereocenters. The molecule has 100 valence electrons. The zero-order valence-corrected chi connectivity index (χ0v) is 11.9. The van der Waals surface area contributed by atoms with Crippen molar-refractivity contribution < 1.29 is 9.53 Å². The molecule has 0 spiro atoms. The summed E-state index contributed by atoms with van der Waals surface area (Å²) in [5.41, 5.74) is 0.723. The highest BCUT2D eigenvalue weighted by molar-refractivity contribution is 7.21. The quantitative estimate of drug-likeness (QED) is 0.629. The molecule has 0 bridgehead atoms. The second-order valence-corrected chi connectivity index (χ2v) is 5.84. The molecule has 1 atom stereocenters. The number of halogens is 1. The number of hydrogen-bond acceptors (Lipinski definition) is 6. The number of fused-ring (bicyclic) bond motifs is 1. The van der Waals surface area contributed by atoms with Crippen LogP contribution in [-0.2, 0) is 4.74 Å². The number of nitrogens with zero attached hydrogens (tertiary/aromatic N) is 3. The maximum Gasteiger partial charge on any atom is 0.224 e. The zero-order valence-electron chi connectivity index (χ0n) is 10.3. The Morgan fingerprint density at radius 1 is 1.58 bits per heavy atom. The van der Waals surface area contributed by atoms with Crippen molar-refractivity contribution in [2.45, 2.75) is 13.0 Å². The summed E-state index contributed by atoms with van der Waals surface area (Å²) in [6, 6.07) is 1.97. The molecule has 7 heteroatoms.